The zero-order valence-corrected chi connectivity index (χ0v) is 16.9. The van der Waals surface area contributed by atoms with Crippen LogP contribution >= 0.6 is 22.9 Å². The Morgan fingerprint density at radius 3 is 2.72 bits per heavy atom. The van der Waals surface area contributed by atoms with Crippen LogP contribution in [-0.4, -0.2) is 36.3 Å². The molecule has 0 bridgehead atoms. The van der Waals surface area contributed by atoms with Crippen molar-refractivity contribution in [3.63, 3.8) is 0 Å². The molecule has 10 nitrogen and oxygen atoms in total. The van der Waals surface area contributed by atoms with E-state index in [0.717, 1.165) is 30.6 Å². The second-order valence-corrected chi connectivity index (χ2v) is 8.42. The fourth-order valence-electron chi connectivity index (χ4n) is 3.62. The fraction of sp³-hybridized carbons (Fsp3) is 0.412. The molecule has 0 atom stereocenters. The molecule has 0 radical (unpaired) electrons. The number of rotatable bonds is 5. The monoisotopic (exact) mass is 434 g/mol. The van der Waals surface area contributed by atoms with Gasteiger partial charge in [-0.15, -0.1) is 11.3 Å². The molecule has 29 heavy (non-hydrogen) atoms. The highest BCUT2D eigenvalue weighted by Gasteiger charge is 2.29. The zero-order chi connectivity index (χ0) is 20.5. The minimum atomic E-state index is -0.426. The Balaban J connectivity index is 1.39. The van der Waals surface area contributed by atoms with Crippen LogP contribution in [0.25, 0.3) is 11.2 Å². The van der Waals surface area contributed by atoms with Crippen LogP contribution < -0.4 is 16.8 Å². The first-order chi connectivity index (χ1) is 13.9. The predicted molar refractivity (Wildman–Crippen MR) is 109 cm³/mol. The van der Waals surface area contributed by atoms with Gasteiger partial charge in [0.15, 0.2) is 16.6 Å². The van der Waals surface area contributed by atoms with Crippen LogP contribution in [0.15, 0.2) is 12.5 Å². The van der Waals surface area contributed by atoms with Crippen LogP contribution in [0.5, 0.6) is 0 Å². The van der Waals surface area contributed by atoms with Crippen molar-refractivity contribution in [3.05, 3.63) is 22.7 Å². The molecule has 0 aliphatic heterocycles. The first kappa shape index (κ1) is 19.5. The third-order valence-electron chi connectivity index (χ3n) is 5.01. The number of nitrogens with two attached hydrogens (primary N) is 2. The summed E-state index contributed by atoms with van der Waals surface area (Å²) >= 11 is 7.20. The van der Waals surface area contributed by atoms with E-state index in [1.165, 1.54) is 11.3 Å². The molecule has 0 spiro atoms. The summed E-state index contributed by atoms with van der Waals surface area (Å²) in [6.07, 6.45) is 6.44. The van der Waals surface area contributed by atoms with E-state index in [1.54, 1.807) is 12.5 Å². The first-order valence-electron chi connectivity index (χ1n) is 9.10. The number of fused-ring (bicyclic) bond motifs is 1. The van der Waals surface area contributed by atoms with Crippen LogP contribution in [0.1, 0.15) is 36.6 Å². The van der Waals surface area contributed by atoms with E-state index in [4.69, 9.17) is 23.1 Å². The van der Waals surface area contributed by atoms with E-state index in [9.17, 15) is 9.59 Å². The van der Waals surface area contributed by atoms with E-state index in [-0.39, 0.29) is 35.4 Å². The maximum absolute atomic E-state index is 12.6. The van der Waals surface area contributed by atoms with E-state index >= 15 is 0 Å². The number of primary amides is 1. The van der Waals surface area contributed by atoms with Gasteiger partial charge in [-0.1, -0.05) is 0 Å². The van der Waals surface area contributed by atoms with Gasteiger partial charge in [-0.2, -0.15) is 9.97 Å². The Hall–Kier alpha value is -2.79. The van der Waals surface area contributed by atoms with Crippen LogP contribution in [0.2, 0.25) is 5.28 Å². The molecule has 1 fully saturated rings. The van der Waals surface area contributed by atoms with Gasteiger partial charge in [0.2, 0.25) is 17.1 Å². The number of nitrogens with one attached hydrogen (secondary N) is 1. The van der Waals surface area contributed by atoms with Crippen LogP contribution in [-0.2, 0) is 16.0 Å². The van der Waals surface area contributed by atoms with E-state index in [0.29, 0.717) is 16.3 Å². The van der Waals surface area contributed by atoms with Gasteiger partial charge in [-0.05, 0) is 37.3 Å². The summed E-state index contributed by atoms with van der Waals surface area (Å²) < 4.78 is 1.96. The van der Waals surface area contributed by atoms with Gasteiger partial charge >= 0.3 is 0 Å². The Kier molecular flexibility index (Phi) is 5.33. The van der Waals surface area contributed by atoms with Gasteiger partial charge < -0.3 is 21.4 Å². The third kappa shape index (κ3) is 4.15. The molecule has 0 unspecified atom stereocenters. The minimum Gasteiger partial charge on any atom is -0.382 e. The number of imidazole rings is 1. The number of hydrogen-bond acceptors (Lipinski definition) is 8. The lowest BCUT2D eigenvalue weighted by atomic mass is 9.85. The average molecular weight is 435 g/mol. The molecule has 1 saturated carbocycles. The SMILES string of the molecule is NC(=O)Cc1cnc(NC(=O)[C@H]2CC[C@@H](n3cnc4c(N)nc(Cl)nc43)CC2)s1. The van der Waals surface area contributed by atoms with Crippen LogP contribution in [0.3, 0.4) is 0 Å². The standard InChI is InChI=1S/C17H19ClN8O2S/c18-16-23-13(20)12-14(24-16)26(7-22-12)9-3-1-8(2-4-9)15(28)25-17-21-6-10(29-17)5-11(19)27/h6-9H,1-5H2,(H2,19,27)(H2,20,23,24)(H,21,25,28)/t8-,9+. The van der Waals surface area contributed by atoms with Crippen molar-refractivity contribution in [1.82, 2.24) is 24.5 Å². The van der Waals surface area contributed by atoms with Crippen molar-refractivity contribution < 1.29 is 9.59 Å². The van der Waals surface area contributed by atoms with Crippen molar-refractivity contribution in [2.75, 3.05) is 11.1 Å². The summed E-state index contributed by atoms with van der Waals surface area (Å²) in [7, 11) is 0. The molecular formula is C17H19ClN8O2S. The number of nitrogens with zero attached hydrogens (tertiary/aromatic N) is 5. The van der Waals surface area contributed by atoms with Crippen molar-refractivity contribution in [2.45, 2.75) is 38.1 Å². The molecule has 3 aromatic heterocycles. The molecule has 152 valence electrons. The molecule has 4 rings (SSSR count). The number of hydrogen-bond donors (Lipinski definition) is 3. The predicted octanol–water partition coefficient (Wildman–Crippen LogP) is 1.92. The Bertz CT molecular complexity index is 1070. The lowest BCUT2D eigenvalue weighted by Gasteiger charge is -2.28. The number of carbonyl (C=O) groups excluding carboxylic acids is 2. The molecule has 0 aromatic carbocycles. The molecule has 1 aliphatic rings. The third-order valence-corrected chi connectivity index (χ3v) is 6.10. The summed E-state index contributed by atoms with van der Waals surface area (Å²) in [5, 5.41) is 3.41. The Morgan fingerprint density at radius 1 is 1.24 bits per heavy atom. The maximum Gasteiger partial charge on any atom is 0.229 e. The number of halogens is 1. The molecule has 12 heteroatoms. The highest BCUT2D eigenvalue weighted by molar-refractivity contribution is 7.15. The number of thiazole rings is 1. The van der Waals surface area contributed by atoms with E-state index in [2.05, 4.69) is 25.3 Å². The number of nitrogen functional groups attached to an aromatic ring is 1. The molecule has 2 amide bonds. The second-order valence-electron chi connectivity index (χ2n) is 6.97. The second kappa shape index (κ2) is 7.91. The lowest BCUT2D eigenvalue weighted by molar-refractivity contribution is -0.121. The summed E-state index contributed by atoms with van der Waals surface area (Å²) in [5.74, 6) is -0.336. The van der Waals surface area contributed by atoms with Crippen molar-refractivity contribution in [1.29, 1.82) is 0 Å². The number of amides is 2. The molecule has 5 N–H and O–H groups in total. The van der Waals surface area contributed by atoms with E-state index < -0.39 is 5.91 Å². The van der Waals surface area contributed by atoms with Gasteiger partial charge in [0, 0.05) is 23.0 Å². The molecule has 0 saturated heterocycles. The molecule has 1 aliphatic carbocycles. The number of aromatic nitrogens is 5. The van der Waals surface area contributed by atoms with Crippen molar-refractivity contribution >= 4 is 56.9 Å². The average Bonchev–Trinajstić information content (AvgIpc) is 3.28. The van der Waals surface area contributed by atoms with Crippen molar-refractivity contribution in [3.8, 4) is 0 Å². The van der Waals surface area contributed by atoms with Gasteiger partial charge in [0.05, 0.1) is 12.7 Å². The first-order valence-corrected chi connectivity index (χ1v) is 10.3. The summed E-state index contributed by atoms with van der Waals surface area (Å²) in [5.41, 5.74) is 12.2. The largest absolute Gasteiger partial charge is 0.382 e. The van der Waals surface area contributed by atoms with Crippen LogP contribution in [0.4, 0.5) is 10.9 Å². The number of carbonyl (C=O) groups is 2. The van der Waals surface area contributed by atoms with Crippen LogP contribution in [0, 0.1) is 5.92 Å². The zero-order valence-electron chi connectivity index (χ0n) is 15.3. The lowest BCUT2D eigenvalue weighted by Crippen LogP contribution is -2.28. The normalized spacial score (nSPS) is 19.3. The summed E-state index contributed by atoms with van der Waals surface area (Å²) in [4.78, 5) is 40.9. The quantitative estimate of drug-likeness (QED) is 0.518. The summed E-state index contributed by atoms with van der Waals surface area (Å²) in [6.45, 7) is 0. The van der Waals surface area contributed by atoms with Crippen molar-refractivity contribution in [2.24, 2.45) is 11.7 Å². The molecule has 3 aromatic rings. The van der Waals surface area contributed by atoms with Gasteiger partial charge in [-0.25, -0.2) is 9.97 Å². The Labute approximate surface area is 174 Å². The summed E-state index contributed by atoms with van der Waals surface area (Å²) in [6, 6.07) is 0.163. The fourth-order valence-corrected chi connectivity index (χ4v) is 4.62. The van der Waals surface area contributed by atoms with Gasteiger partial charge in [-0.3, -0.25) is 9.59 Å². The topological polar surface area (TPSA) is 155 Å². The number of anilines is 2. The minimum absolute atomic E-state index is 0.0615. The Morgan fingerprint density at radius 2 is 2.00 bits per heavy atom. The van der Waals surface area contributed by atoms with E-state index in [1.807, 2.05) is 4.57 Å². The highest BCUT2D eigenvalue weighted by Crippen LogP contribution is 2.35. The molecular weight excluding hydrogens is 416 g/mol. The molecule has 3 heterocycles. The smallest absolute Gasteiger partial charge is 0.229 e. The van der Waals surface area contributed by atoms with Gasteiger partial charge in [0.25, 0.3) is 0 Å². The van der Waals surface area contributed by atoms with Gasteiger partial charge in [0.1, 0.15) is 5.52 Å². The maximum atomic E-state index is 12.6. The highest BCUT2D eigenvalue weighted by atomic mass is 35.5.